The number of rotatable bonds is 8. The highest BCUT2D eigenvalue weighted by Gasteiger charge is 2.50. The zero-order chi connectivity index (χ0) is 21.8. The van der Waals surface area contributed by atoms with Crippen LogP contribution in [0.1, 0.15) is 37.8 Å². The first-order chi connectivity index (χ1) is 15.0. The van der Waals surface area contributed by atoms with Crippen molar-refractivity contribution in [2.24, 2.45) is 17.8 Å². The Morgan fingerprint density at radius 3 is 2.77 bits per heavy atom. The number of allylic oxidation sites excluding steroid dienone is 2. The lowest BCUT2D eigenvalue weighted by Crippen LogP contribution is -2.52. The molecular formula is C26H37ClN2O2. The Kier molecular flexibility index (Phi) is 7.56. The number of nitrogens with zero attached hydrogens (tertiary/aromatic N) is 1. The number of nitrogens with one attached hydrogen (secondary N) is 1. The summed E-state index contributed by atoms with van der Waals surface area (Å²) in [6.07, 6.45) is 8.76. The molecule has 0 amide bonds. The summed E-state index contributed by atoms with van der Waals surface area (Å²) < 4.78 is 11.7. The third-order valence-corrected chi connectivity index (χ3v) is 7.55. The van der Waals surface area contributed by atoms with E-state index in [2.05, 4.69) is 66.6 Å². The molecule has 31 heavy (non-hydrogen) atoms. The van der Waals surface area contributed by atoms with Crippen LogP contribution in [0.4, 0.5) is 0 Å². The average Bonchev–Trinajstić information content (AvgIpc) is 3.10. The van der Waals surface area contributed by atoms with E-state index in [0.717, 1.165) is 50.7 Å². The molecule has 0 radical (unpaired) electrons. The molecule has 2 fully saturated rings. The van der Waals surface area contributed by atoms with Crippen LogP contribution in [0.5, 0.6) is 0 Å². The first-order valence-electron chi connectivity index (χ1n) is 11.7. The number of halogens is 1. The number of benzene rings is 1. The summed E-state index contributed by atoms with van der Waals surface area (Å²) in [5, 5.41) is 4.68. The first-order valence-corrected chi connectivity index (χ1v) is 12.1. The summed E-state index contributed by atoms with van der Waals surface area (Å²) >= 11 is 6.22. The molecule has 2 saturated heterocycles. The molecule has 2 heterocycles. The van der Waals surface area contributed by atoms with Gasteiger partial charge in [-0.25, -0.2) is 0 Å². The molecule has 1 aromatic rings. The van der Waals surface area contributed by atoms with Gasteiger partial charge in [-0.3, -0.25) is 0 Å². The van der Waals surface area contributed by atoms with E-state index >= 15 is 0 Å². The summed E-state index contributed by atoms with van der Waals surface area (Å²) in [4.78, 5) is 2.62. The van der Waals surface area contributed by atoms with E-state index in [1.165, 1.54) is 11.1 Å². The van der Waals surface area contributed by atoms with E-state index in [1.54, 1.807) is 7.11 Å². The van der Waals surface area contributed by atoms with Crippen molar-refractivity contribution >= 4 is 11.6 Å². The minimum Gasteiger partial charge on any atom is -0.380 e. The molecule has 4 rings (SSSR count). The highest BCUT2D eigenvalue weighted by atomic mass is 35.5. The van der Waals surface area contributed by atoms with Crippen molar-refractivity contribution in [3.05, 3.63) is 58.7 Å². The minimum absolute atomic E-state index is 0.00823. The van der Waals surface area contributed by atoms with Crippen LogP contribution in [-0.4, -0.2) is 49.9 Å². The van der Waals surface area contributed by atoms with Gasteiger partial charge in [0.15, 0.2) is 0 Å². The Labute approximate surface area is 192 Å². The number of hydrogen-bond donors (Lipinski definition) is 1. The second-order valence-corrected chi connectivity index (χ2v) is 10.2. The van der Waals surface area contributed by atoms with Crippen LogP contribution in [0.15, 0.2) is 47.5 Å². The van der Waals surface area contributed by atoms with Crippen LogP contribution in [0.3, 0.4) is 0 Å². The fourth-order valence-corrected chi connectivity index (χ4v) is 5.64. The number of methoxy groups -OCH3 is 1. The second kappa shape index (κ2) is 10.2. The normalized spacial score (nSPS) is 26.3. The van der Waals surface area contributed by atoms with E-state index < -0.39 is 0 Å². The van der Waals surface area contributed by atoms with E-state index in [4.69, 9.17) is 21.1 Å². The smallest absolute Gasteiger partial charge is 0.0776 e. The van der Waals surface area contributed by atoms with Gasteiger partial charge in [0.05, 0.1) is 18.8 Å². The van der Waals surface area contributed by atoms with Gasteiger partial charge >= 0.3 is 0 Å². The molecule has 1 aromatic carbocycles. The van der Waals surface area contributed by atoms with Crippen molar-refractivity contribution in [1.82, 2.24) is 10.2 Å². The predicted octanol–water partition coefficient (Wildman–Crippen LogP) is 4.74. The molecule has 0 bridgehead atoms. The average molecular weight is 445 g/mol. The van der Waals surface area contributed by atoms with Crippen molar-refractivity contribution in [2.45, 2.75) is 51.5 Å². The van der Waals surface area contributed by atoms with E-state index in [9.17, 15) is 0 Å². The van der Waals surface area contributed by atoms with Gasteiger partial charge in [-0.15, -0.1) is 0 Å². The van der Waals surface area contributed by atoms with Crippen LogP contribution >= 0.6 is 11.6 Å². The predicted molar refractivity (Wildman–Crippen MR) is 127 cm³/mol. The fraction of sp³-hybridized carbons (Fsp3) is 0.615. The molecule has 2 aliphatic heterocycles. The highest BCUT2D eigenvalue weighted by Crippen LogP contribution is 2.47. The number of fused-ring (bicyclic) bond motifs is 2. The molecule has 0 saturated carbocycles. The fourth-order valence-electron chi connectivity index (χ4n) is 5.40. The van der Waals surface area contributed by atoms with Crippen molar-refractivity contribution in [1.29, 1.82) is 0 Å². The minimum atomic E-state index is 0.00823. The Morgan fingerprint density at radius 1 is 1.26 bits per heavy atom. The van der Waals surface area contributed by atoms with Crippen LogP contribution in [0, 0.1) is 17.8 Å². The zero-order valence-corrected chi connectivity index (χ0v) is 19.9. The molecule has 1 N–H and O–H groups in total. The van der Waals surface area contributed by atoms with Gasteiger partial charge in [0.2, 0.25) is 0 Å². The molecular weight excluding hydrogens is 408 g/mol. The molecule has 170 valence electrons. The summed E-state index contributed by atoms with van der Waals surface area (Å²) in [6.45, 7) is 10.3. The van der Waals surface area contributed by atoms with Crippen molar-refractivity contribution in [3.63, 3.8) is 0 Å². The van der Waals surface area contributed by atoms with Gasteiger partial charge in [0.1, 0.15) is 0 Å². The lowest BCUT2D eigenvalue weighted by atomic mass is 9.74. The Hall–Kier alpha value is -1.17. The number of piperidine rings is 1. The lowest BCUT2D eigenvalue weighted by Gasteiger charge is -2.43. The summed E-state index contributed by atoms with van der Waals surface area (Å²) in [5.41, 5.74) is 2.56. The van der Waals surface area contributed by atoms with Crippen molar-refractivity contribution < 1.29 is 9.47 Å². The number of likely N-dealkylation sites (tertiary alicyclic amines) is 1. The molecule has 1 spiro atoms. The standard InChI is InChI=1S/C26H37ClN2O2/c1-19(2)25(28-15-20-5-4-6-21(13-20)17-30-3)16-29-11-9-26(10-12-29)24-8-7-23(27)14-22(24)18-31-26/h4-8,13-14,19,22,24-25,28H,9-12,15-18H2,1-3H3/t22?,24?,25-/m0/s1. The van der Waals surface area contributed by atoms with Crippen LogP contribution in [0.2, 0.25) is 0 Å². The van der Waals surface area contributed by atoms with Gasteiger partial charge in [-0.05, 0) is 36.0 Å². The molecule has 3 aliphatic rings. The lowest BCUT2D eigenvalue weighted by molar-refractivity contribution is -0.0595. The number of hydrogen-bond acceptors (Lipinski definition) is 4. The van der Waals surface area contributed by atoms with Gasteiger partial charge in [-0.1, -0.05) is 61.9 Å². The third kappa shape index (κ3) is 5.43. The molecule has 3 atom stereocenters. The monoisotopic (exact) mass is 444 g/mol. The zero-order valence-electron chi connectivity index (χ0n) is 19.1. The Balaban J connectivity index is 1.30. The maximum absolute atomic E-state index is 6.41. The van der Waals surface area contributed by atoms with Crippen LogP contribution in [-0.2, 0) is 22.6 Å². The largest absolute Gasteiger partial charge is 0.380 e. The van der Waals surface area contributed by atoms with Crippen LogP contribution in [0.25, 0.3) is 0 Å². The first kappa shape index (κ1) is 23.0. The summed E-state index contributed by atoms with van der Waals surface area (Å²) in [7, 11) is 1.75. The van der Waals surface area contributed by atoms with E-state index in [-0.39, 0.29) is 5.60 Å². The molecule has 1 aliphatic carbocycles. The molecule has 0 aromatic heterocycles. The maximum atomic E-state index is 6.41. The molecule has 2 unspecified atom stereocenters. The van der Waals surface area contributed by atoms with Crippen molar-refractivity contribution in [2.75, 3.05) is 33.4 Å². The summed E-state index contributed by atoms with van der Waals surface area (Å²) in [5.74, 6) is 1.51. The van der Waals surface area contributed by atoms with Crippen LogP contribution < -0.4 is 5.32 Å². The maximum Gasteiger partial charge on any atom is 0.0776 e. The quantitative estimate of drug-likeness (QED) is 0.628. The molecule has 4 nitrogen and oxygen atoms in total. The van der Waals surface area contributed by atoms with Gasteiger partial charge in [-0.2, -0.15) is 0 Å². The number of ether oxygens (including phenoxy) is 2. The topological polar surface area (TPSA) is 33.7 Å². The Bertz CT molecular complexity index is 798. The highest BCUT2D eigenvalue weighted by molar-refractivity contribution is 6.31. The van der Waals surface area contributed by atoms with Crippen molar-refractivity contribution in [3.8, 4) is 0 Å². The van der Waals surface area contributed by atoms with Gasteiger partial charge in [0, 0.05) is 56.2 Å². The van der Waals surface area contributed by atoms with Gasteiger partial charge < -0.3 is 19.7 Å². The Morgan fingerprint density at radius 2 is 2.03 bits per heavy atom. The SMILES string of the molecule is COCc1cccc(CN[C@@H](CN2CCC3(CC2)OCC2C=C(Cl)C=CC23)C(C)C)c1. The van der Waals surface area contributed by atoms with E-state index in [0.29, 0.717) is 30.4 Å². The summed E-state index contributed by atoms with van der Waals surface area (Å²) in [6, 6.07) is 9.15. The second-order valence-electron chi connectivity index (χ2n) is 9.76. The molecule has 5 heteroatoms. The third-order valence-electron chi connectivity index (χ3n) is 7.30. The van der Waals surface area contributed by atoms with E-state index in [1.807, 2.05) is 0 Å². The van der Waals surface area contributed by atoms with Gasteiger partial charge in [0.25, 0.3) is 0 Å².